The molecule has 2 aromatic rings. The Morgan fingerprint density at radius 2 is 2.00 bits per heavy atom. The first-order valence-electron chi connectivity index (χ1n) is 8.56. The molecule has 2 heterocycles. The van der Waals surface area contributed by atoms with Gasteiger partial charge in [0.1, 0.15) is 21.9 Å². The maximum Gasteiger partial charge on any atom is 0.294 e. The quantitative estimate of drug-likeness (QED) is 0.763. The number of aromatic nitrogens is 2. The van der Waals surface area contributed by atoms with Crippen LogP contribution in [0.3, 0.4) is 0 Å². The number of nitrogens with two attached hydrogens (primary N) is 1. The number of aliphatic imine (C=N–C) groups is 1. The molecule has 0 radical (unpaired) electrons. The summed E-state index contributed by atoms with van der Waals surface area (Å²) in [5.74, 6) is -1.34. The van der Waals surface area contributed by atoms with Crippen molar-refractivity contribution in [2.75, 3.05) is 5.75 Å². The normalized spacial score (nSPS) is 23.2. The predicted molar refractivity (Wildman–Crippen MR) is 100 cm³/mol. The Hall–Kier alpha value is -2.62. The van der Waals surface area contributed by atoms with Crippen molar-refractivity contribution in [3.05, 3.63) is 46.9 Å². The van der Waals surface area contributed by atoms with Gasteiger partial charge in [-0.2, -0.15) is 4.98 Å². The molecular weight excluding hydrogens is 387 g/mol. The van der Waals surface area contributed by atoms with Gasteiger partial charge in [-0.25, -0.2) is 12.8 Å². The third-order valence-corrected chi connectivity index (χ3v) is 7.68. The van der Waals surface area contributed by atoms with E-state index >= 15 is 0 Å². The van der Waals surface area contributed by atoms with E-state index in [1.807, 2.05) is 0 Å². The molecule has 0 fully saturated rings. The third-order valence-electron chi connectivity index (χ3n) is 4.97. The maximum atomic E-state index is 14.6. The molecule has 0 saturated heterocycles. The topological polar surface area (TPSA) is 129 Å². The van der Waals surface area contributed by atoms with Gasteiger partial charge in [-0.05, 0) is 45.4 Å². The second-order valence-electron chi connectivity index (χ2n) is 7.60. The van der Waals surface area contributed by atoms with Crippen molar-refractivity contribution in [1.29, 1.82) is 0 Å². The molecule has 2 N–H and O–H groups in total. The van der Waals surface area contributed by atoms with Crippen molar-refractivity contribution in [2.24, 2.45) is 10.7 Å². The molecule has 1 aromatic carbocycles. The summed E-state index contributed by atoms with van der Waals surface area (Å²) in [4.78, 5) is 20.5. The molecule has 0 unspecified atom stereocenters. The van der Waals surface area contributed by atoms with Gasteiger partial charge in [0, 0.05) is 12.0 Å². The molecule has 0 saturated carbocycles. The van der Waals surface area contributed by atoms with Crippen LogP contribution in [0.15, 0.2) is 27.7 Å². The molecule has 3 rings (SSSR count). The van der Waals surface area contributed by atoms with Crippen LogP contribution in [0.2, 0.25) is 0 Å². The number of Topliss-reactive ketones (excluding diaryl/α,β-unsaturated/α-hetero) is 1. The molecule has 0 amide bonds. The average molecular weight is 408 g/mol. The highest BCUT2D eigenvalue weighted by Gasteiger charge is 2.49. The lowest BCUT2D eigenvalue weighted by Gasteiger charge is -2.38. The van der Waals surface area contributed by atoms with E-state index in [2.05, 4.69) is 15.1 Å². The third kappa shape index (κ3) is 3.32. The average Bonchev–Trinajstić information content (AvgIpc) is 3.01. The van der Waals surface area contributed by atoms with Gasteiger partial charge < -0.3 is 10.3 Å². The lowest BCUT2D eigenvalue weighted by molar-refractivity contribution is 0.0950. The number of benzene rings is 1. The molecule has 0 bridgehead atoms. The number of halogens is 1. The number of carbonyl (C=O) groups is 1. The van der Waals surface area contributed by atoms with Crippen LogP contribution < -0.4 is 5.73 Å². The van der Waals surface area contributed by atoms with Gasteiger partial charge in [0.2, 0.25) is 5.78 Å². The summed E-state index contributed by atoms with van der Waals surface area (Å²) in [7, 11) is -3.68. The first-order chi connectivity index (χ1) is 12.9. The van der Waals surface area contributed by atoms with E-state index in [1.165, 1.54) is 39.0 Å². The Morgan fingerprint density at radius 3 is 2.57 bits per heavy atom. The van der Waals surface area contributed by atoms with E-state index < -0.39 is 37.5 Å². The van der Waals surface area contributed by atoms with Crippen LogP contribution in [0.5, 0.6) is 0 Å². The standard InChI is InChI=1S/C18H21FN4O4S/c1-10-21-15(27-23-10)14(24)8-11-5-6-13(19)12(7-11)18(4)9-28(25,26)17(2,3)16(20)22-18/h5-7H,8-9H2,1-4H3,(H2,20,22)/t18-/m0/s1. The minimum absolute atomic E-state index is 0.0570. The number of rotatable bonds is 4. The van der Waals surface area contributed by atoms with Crippen LogP contribution in [0, 0.1) is 12.7 Å². The fraction of sp³-hybridized carbons (Fsp3) is 0.444. The van der Waals surface area contributed by atoms with Gasteiger partial charge in [0.15, 0.2) is 15.7 Å². The number of ketones is 1. The second-order valence-corrected chi connectivity index (χ2v) is 10.1. The van der Waals surface area contributed by atoms with Gasteiger partial charge in [-0.3, -0.25) is 9.79 Å². The van der Waals surface area contributed by atoms with Crippen molar-refractivity contribution >= 4 is 21.5 Å². The molecule has 1 aliphatic heterocycles. The summed E-state index contributed by atoms with van der Waals surface area (Å²) in [6, 6.07) is 4.05. The van der Waals surface area contributed by atoms with Crippen molar-refractivity contribution in [1.82, 2.24) is 10.1 Å². The molecular formula is C18H21FN4O4S. The Bertz CT molecular complexity index is 1090. The van der Waals surface area contributed by atoms with Crippen molar-refractivity contribution in [3.63, 3.8) is 0 Å². The monoisotopic (exact) mass is 408 g/mol. The largest absolute Gasteiger partial charge is 0.386 e. The summed E-state index contributed by atoms with van der Waals surface area (Å²) in [6.07, 6.45) is -0.109. The smallest absolute Gasteiger partial charge is 0.294 e. The molecule has 0 aliphatic carbocycles. The summed E-state index contributed by atoms with van der Waals surface area (Å²) >= 11 is 0. The summed E-state index contributed by atoms with van der Waals surface area (Å²) < 4.78 is 43.5. The number of hydrogen-bond acceptors (Lipinski definition) is 8. The van der Waals surface area contributed by atoms with Crippen LogP contribution in [-0.2, 0) is 21.8 Å². The Labute approximate surface area is 162 Å². The summed E-state index contributed by atoms with van der Waals surface area (Å²) in [6.45, 7) is 6.04. The lowest BCUT2D eigenvalue weighted by atomic mass is 9.91. The predicted octanol–water partition coefficient (Wildman–Crippen LogP) is 1.72. The van der Waals surface area contributed by atoms with Crippen molar-refractivity contribution in [2.45, 2.75) is 44.4 Å². The van der Waals surface area contributed by atoms with Gasteiger partial charge in [-0.1, -0.05) is 11.2 Å². The highest BCUT2D eigenvalue weighted by molar-refractivity contribution is 7.93. The zero-order valence-corrected chi connectivity index (χ0v) is 16.8. The van der Waals surface area contributed by atoms with Crippen LogP contribution in [-0.4, -0.2) is 40.7 Å². The molecule has 1 atom stereocenters. The van der Waals surface area contributed by atoms with E-state index in [4.69, 9.17) is 10.3 Å². The Morgan fingerprint density at radius 1 is 1.32 bits per heavy atom. The number of aryl methyl sites for hydroxylation is 1. The molecule has 8 nitrogen and oxygen atoms in total. The van der Waals surface area contributed by atoms with Gasteiger partial charge >= 0.3 is 0 Å². The second kappa shape index (κ2) is 6.47. The zero-order valence-electron chi connectivity index (χ0n) is 16.0. The number of nitrogens with zero attached hydrogens (tertiary/aromatic N) is 3. The van der Waals surface area contributed by atoms with E-state index in [-0.39, 0.29) is 23.7 Å². The van der Waals surface area contributed by atoms with Gasteiger partial charge in [0.05, 0.1) is 5.75 Å². The molecule has 10 heteroatoms. The van der Waals surface area contributed by atoms with Gasteiger partial charge in [0.25, 0.3) is 5.89 Å². The summed E-state index contributed by atoms with van der Waals surface area (Å²) in [5.41, 5.74) is 5.04. The molecule has 150 valence electrons. The Kier molecular flexibility index (Phi) is 4.65. The number of carbonyl (C=O) groups excluding carboxylic acids is 1. The minimum Gasteiger partial charge on any atom is -0.386 e. The lowest BCUT2D eigenvalue weighted by Crippen LogP contribution is -2.55. The van der Waals surface area contributed by atoms with Crippen LogP contribution >= 0.6 is 0 Å². The fourth-order valence-corrected chi connectivity index (χ4v) is 4.73. The maximum absolute atomic E-state index is 14.6. The fourth-order valence-electron chi connectivity index (χ4n) is 3.05. The molecule has 1 aromatic heterocycles. The zero-order chi connectivity index (χ0) is 20.9. The van der Waals surface area contributed by atoms with Crippen molar-refractivity contribution in [3.8, 4) is 0 Å². The number of sulfone groups is 1. The minimum atomic E-state index is -3.68. The summed E-state index contributed by atoms with van der Waals surface area (Å²) in [5, 5.41) is 3.57. The Balaban J connectivity index is 2.00. The number of hydrogen-bond donors (Lipinski definition) is 1. The molecule has 28 heavy (non-hydrogen) atoms. The van der Waals surface area contributed by atoms with E-state index in [0.717, 1.165) is 0 Å². The molecule has 1 aliphatic rings. The van der Waals surface area contributed by atoms with E-state index in [1.54, 1.807) is 6.92 Å². The van der Waals surface area contributed by atoms with Crippen LogP contribution in [0.4, 0.5) is 4.39 Å². The molecule has 0 spiro atoms. The van der Waals surface area contributed by atoms with E-state index in [0.29, 0.717) is 11.4 Å². The van der Waals surface area contributed by atoms with E-state index in [9.17, 15) is 17.6 Å². The van der Waals surface area contributed by atoms with Crippen LogP contribution in [0.1, 0.15) is 48.4 Å². The first-order valence-corrected chi connectivity index (χ1v) is 10.2. The number of amidine groups is 1. The SMILES string of the molecule is Cc1noc(C(=O)Cc2ccc(F)c([C@]3(C)CS(=O)(=O)C(C)(C)C(N)=N3)c2)n1. The van der Waals surface area contributed by atoms with Crippen molar-refractivity contribution < 1.29 is 22.1 Å². The van der Waals surface area contributed by atoms with Crippen LogP contribution in [0.25, 0.3) is 0 Å². The highest BCUT2D eigenvalue weighted by Crippen LogP contribution is 2.38. The first kappa shape index (κ1) is 20.1. The highest BCUT2D eigenvalue weighted by atomic mass is 32.2. The van der Waals surface area contributed by atoms with Gasteiger partial charge in [-0.15, -0.1) is 0 Å².